The van der Waals surface area contributed by atoms with Crippen molar-refractivity contribution in [3.05, 3.63) is 59.2 Å². The third kappa shape index (κ3) is 1.70. The van der Waals surface area contributed by atoms with Crippen LogP contribution < -0.4 is 0 Å². The van der Waals surface area contributed by atoms with E-state index in [0.717, 1.165) is 29.5 Å². The number of rotatable bonds is 1. The summed E-state index contributed by atoms with van der Waals surface area (Å²) in [5, 5.41) is 18.9. The molecule has 1 aliphatic carbocycles. The molecule has 0 saturated carbocycles. The van der Waals surface area contributed by atoms with Gasteiger partial charge in [0.25, 0.3) is 0 Å². The minimum atomic E-state index is -0.319. The molecule has 1 unspecified atom stereocenters. The lowest BCUT2D eigenvalue weighted by molar-refractivity contribution is 0.180. The molecule has 0 saturated heterocycles. The monoisotopic (exact) mass is 235 g/mol. The molecule has 2 aromatic carbocycles. The lowest BCUT2D eigenvalue weighted by atomic mass is 9.97. The van der Waals surface area contributed by atoms with Gasteiger partial charge in [0.2, 0.25) is 0 Å². The molecule has 2 heteroatoms. The molecule has 2 nitrogen and oxygen atoms in total. The smallest absolute Gasteiger partial charge is 0.0998 e. The fourth-order valence-electron chi connectivity index (χ4n) is 2.59. The van der Waals surface area contributed by atoms with Crippen LogP contribution in [0.4, 0.5) is 0 Å². The lowest BCUT2D eigenvalue weighted by Crippen LogP contribution is -1.91. The Morgan fingerprint density at radius 3 is 2.83 bits per heavy atom. The maximum Gasteiger partial charge on any atom is 0.0998 e. The largest absolute Gasteiger partial charge is 0.388 e. The van der Waals surface area contributed by atoms with Crippen LogP contribution >= 0.6 is 0 Å². The van der Waals surface area contributed by atoms with Crippen molar-refractivity contribution in [1.82, 2.24) is 0 Å². The molecule has 3 rings (SSSR count). The fraction of sp³-hybridized carbons (Fsp3) is 0.188. The topological polar surface area (TPSA) is 44.0 Å². The Bertz CT molecular complexity index is 640. The Labute approximate surface area is 106 Å². The molecule has 0 aliphatic heterocycles. The normalized spacial score (nSPS) is 17.2. The van der Waals surface area contributed by atoms with E-state index in [1.807, 2.05) is 36.4 Å². The first-order valence-electron chi connectivity index (χ1n) is 6.10. The summed E-state index contributed by atoms with van der Waals surface area (Å²) in [6.07, 6.45) is 1.40. The number of aliphatic hydroxyl groups is 1. The van der Waals surface area contributed by atoms with E-state index in [9.17, 15) is 5.11 Å². The van der Waals surface area contributed by atoms with Crippen molar-refractivity contribution in [2.45, 2.75) is 18.9 Å². The van der Waals surface area contributed by atoms with E-state index in [2.05, 4.69) is 12.1 Å². The van der Waals surface area contributed by atoms with Gasteiger partial charge in [0.15, 0.2) is 0 Å². The van der Waals surface area contributed by atoms with Gasteiger partial charge >= 0.3 is 0 Å². The van der Waals surface area contributed by atoms with Gasteiger partial charge in [-0.05, 0) is 41.2 Å². The maximum atomic E-state index is 9.79. The third-order valence-electron chi connectivity index (χ3n) is 3.55. The Balaban J connectivity index is 2.11. The molecule has 0 aromatic heterocycles. The van der Waals surface area contributed by atoms with E-state index < -0.39 is 0 Å². The Kier molecular flexibility index (Phi) is 2.62. The van der Waals surface area contributed by atoms with E-state index in [0.29, 0.717) is 5.56 Å². The molecular formula is C16H13NO. The quantitative estimate of drug-likeness (QED) is 0.824. The Morgan fingerprint density at radius 2 is 2.00 bits per heavy atom. The van der Waals surface area contributed by atoms with Crippen LogP contribution in [0.1, 0.15) is 29.2 Å². The summed E-state index contributed by atoms with van der Waals surface area (Å²) in [6.45, 7) is 0. The average Bonchev–Trinajstić information content (AvgIpc) is 2.80. The molecule has 0 heterocycles. The van der Waals surface area contributed by atoms with Crippen LogP contribution in [0.2, 0.25) is 0 Å². The predicted molar refractivity (Wildman–Crippen MR) is 69.9 cm³/mol. The minimum Gasteiger partial charge on any atom is -0.388 e. The van der Waals surface area contributed by atoms with Crippen molar-refractivity contribution >= 4 is 0 Å². The highest BCUT2D eigenvalue weighted by atomic mass is 16.3. The number of aliphatic hydroxyl groups excluding tert-OH is 1. The molecule has 0 amide bonds. The number of benzene rings is 2. The van der Waals surface area contributed by atoms with E-state index in [1.54, 1.807) is 0 Å². The zero-order valence-electron chi connectivity index (χ0n) is 9.93. The number of nitriles is 1. The first-order chi connectivity index (χ1) is 8.79. The Morgan fingerprint density at radius 1 is 1.17 bits per heavy atom. The van der Waals surface area contributed by atoms with Crippen molar-refractivity contribution < 1.29 is 5.11 Å². The van der Waals surface area contributed by atoms with Crippen LogP contribution in [0, 0.1) is 11.3 Å². The van der Waals surface area contributed by atoms with Gasteiger partial charge in [0, 0.05) is 0 Å². The van der Waals surface area contributed by atoms with Gasteiger partial charge in [-0.15, -0.1) is 0 Å². The number of hydrogen-bond donors (Lipinski definition) is 1. The zero-order valence-corrected chi connectivity index (χ0v) is 9.93. The number of hydrogen-bond acceptors (Lipinski definition) is 2. The SMILES string of the molecule is N#Cc1ccccc1-c1ccc2c(c1)CCC2O. The maximum absolute atomic E-state index is 9.79. The third-order valence-corrected chi connectivity index (χ3v) is 3.55. The molecule has 88 valence electrons. The summed E-state index contributed by atoms with van der Waals surface area (Å²) in [4.78, 5) is 0. The van der Waals surface area contributed by atoms with Crippen molar-refractivity contribution in [3.8, 4) is 17.2 Å². The van der Waals surface area contributed by atoms with Gasteiger partial charge in [-0.3, -0.25) is 0 Å². The first-order valence-corrected chi connectivity index (χ1v) is 6.10. The zero-order chi connectivity index (χ0) is 12.5. The molecule has 0 radical (unpaired) electrons. The molecule has 1 aliphatic rings. The van der Waals surface area contributed by atoms with Crippen LogP contribution in [0.3, 0.4) is 0 Å². The van der Waals surface area contributed by atoms with Crippen molar-refractivity contribution in [2.24, 2.45) is 0 Å². The van der Waals surface area contributed by atoms with Gasteiger partial charge in [-0.25, -0.2) is 0 Å². The van der Waals surface area contributed by atoms with Crippen molar-refractivity contribution in [1.29, 1.82) is 5.26 Å². The second-order valence-corrected chi connectivity index (χ2v) is 4.63. The summed E-state index contributed by atoms with van der Waals surface area (Å²) in [5.41, 5.74) is 4.95. The summed E-state index contributed by atoms with van der Waals surface area (Å²) in [5.74, 6) is 0. The summed E-state index contributed by atoms with van der Waals surface area (Å²) in [7, 11) is 0. The van der Waals surface area contributed by atoms with Crippen LogP contribution in [0.5, 0.6) is 0 Å². The molecule has 18 heavy (non-hydrogen) atoms. The molecule has 1 atom stereocenters. The minimum absolute atomic E-state index is 0.319. The highest BCUT2D eigenvalue weighted by Crippen LogP contribution is 2.34. The van der Waals surface area contributed by atoms with Gasteiger partial charge in [-0.2, -0.15) is 5.26 Å². The second kappa shape index (κ2) is 4.29. The molecule has 1 N–H and O–H groups in total. The highest BCUT2D eigenvalue weighted by Gasteiger charge is 2.20. The summed E-state index contributed by atoms with van der Waals surface area (Å²) in [6, 6.07) is 15.9. The van der Waals surface area contributed by atoms with E-state index in [1.165, 1.54) is 5.56 Å². The van der Waals surface area contributed by atoms with E-state index in [-0.39, 0.29) is 6.10 Å². The summed E-state index contributed by atoms with van der Waals surface area (Å²) < 4.78 is 0. The number of nitrogens with zero attached hydrogens (tertiary/aromatic N) is 1. The molecule has 0 bridgehead atoms. The average molecular weight is 235 g/mol. The second-order valence-electron chi connectivity index (χ2n) is 4.63. The summed E-state index contributed by atoms with van der Waals surface area (Å²) >= 11 is 0. The van der Waals surface area contributed by atoms with Gasteiger partial charge < -0.3 is 5.11 Å². The van der Waals surface area contributed by atoms with Crippen LogP contribution in [-0.2, 0) is 6.42 Å². The molecule has 2 aromatic rings. The van der Waals surface area contributed by atoms with Gasteiger partial charge in [-0.1, -0.05) is 36.4 Å². The van der Waals surface area contributed by atoms with E-state index >= 15 is 0 Å². The van der Waals surface area contributed by atoms with Crippen LogP contribution in [0.25, 0.3) is 11.1 Å². The van der Waals surface area contributed by atoms with Gasteiger partial charge in [0.1, 0.15) is 0 Å². The Hall–Kier alpha value is -2.11. The van der Waals surface area contributed by atoms with E-state index in [4.69, 9.17) is 5.26 Å². The number of aryl methyl sites for hydroxylation is 1. The van der Waals surface area contributed by atoms with Crippen molar-refractivity contribution in [3.63, 3.8) is 0 Å². The van der Waals surface area contributed by atoms with Crippen molar-refractivity contribution in [2.75, 3.05) is 0 Å². The molecular weight excluding hydrogens is 222 g/mol. The van der Waals surface area contributed by atoms with Crippen LogP contribution in [-0.4, -0.2) is 5.11 Å². The molecule has 0 fully saturated rings. The highest BCUT2D eigenvalue weighted by molar-refractivity contribution is 5.71. The molecule has 0 spiro atoms. The lowest BCUT2D eigenvalue weighted by Gasteiger charge is -2.08. The first kappa shape index (κ1) is 11.0. The van der Waals surface area contributed by atoms with Crippen LogP contribution in [0.15, 0.2) is 42.5 Å². The fourth-order valence-corrected chi connectivity index (χ4v) is 2.59. The predicted octanol–water partition coefficient (Wildman–Crippen LogP) is 3.20. The standard InChI is InChI=1S/C16H13NO/c17-10-13-3-1-2-4-14(13)11-5-7-15-12(9-11)6-8-16(15)18/h1-5,7,9,16,18H,6,8H2. The number of fused-ring (bicyclic) bond motifs is 1. The van der Waals surface area contributed by atoms with Gasteiger partial charge in [0.05, 0.1) is 17.7 Å².